The van der Waals surface area contributed by atoms with Crippen LogP contribution >= 0.6 is 0 Å². The van der Waals surface area contributed by atoms with Gasteiger partial charge in [0.25, 0.3) is 0 Å². The van der Waals surface area contributed by atoms with Crippen molar-refractivity contribution in [3.05, 3.63) is 0 Å². The molecule has 4 nitrogen and oxygen atoms in total. The van der Waals surface area contributed by atoms with Gasteiger partial charge in [-0.15, -0.1) is 0 Å². The molecule has 0 aromatic rings. The summed E-state index contributed by atoms with van der Waals surface area (Å²) in [6.45, 7) is 10.4. The van der Waals surface area contributed by atoms with Crippen molar-refractivity contribution in [1.29, 1.82) is 0 Å². The minimum Gasteiger partial charge on any atom is -0.329 e. The van der Waals surface area contributed by atoms with Gasteiger partial charge in [-0.25, -0.2) is 0 Å². The number of likely N-dealkylation sites (N-methyl/N-ethyl adjacent to an activating group) is 1. The molecule has 0 radical (unpaired) electrons. The van der Waals surface area contributed by atoms with E-state index in [0.29, 0.717) is 0 Å². The molecule has 0 aliphatic carbocycles. The van der Waals surface area contributed by atoms with Crippen LogP contribution < -0.4 is 5.73 Å². The highest BCUT2D eigenvalue weighted by Crippen LogP contribution is 2.39. The van der Waals surface area contributed by atoms with Crippen molar-refractivity contribution in [2.45, 2.75) is 31.7 Å². The molecule has 0 spiro atoms. The summed E-state index contributed by atoms with van der Waals surface area (Å²) >= 11 is 0. The van der Waals surface area contributed by atoms with Crippen molar-refractivity contribution < 1.29 is 0 Å². The quantitative estimate of drug-likeness (QED) is 0.737. The maximum absolute atomic E-state index is 6.29. The summed E-state index contributed by atoms with van der Waals surface area (Å²) in [6.07, 6.45) is 3.84. The van der Waals surface area contributed by atoms with E-state index < -0.39 is 0 Å². The molecule has 3 atom stereocenters. The zero-order valence-corrected chi connectivity index (χ0v) is 13.1. The highest BCUT2D eigenvalue weighted by atomic mass is 15.3. The van der Waals surface area contributed by atoms with Gasteiger partial charge in [-0.05, 0) is 58.9 Å². The van der Waals surface area contributed by atoms with Gasteiger partial charge in [0, 0.05) is 31.7 Å². The number of nitrogens with two attached hydrogens (primary N) is 1. The summed E-state index contributed by atoms with van der Waals surface area (Å²) in [5.41, 5.74) is 6.56. The average Bonchev–Trinajstić information content (AvgIpc) is 2.80. The molecule has 4 heteroatoms. The van der Waals surface area contributed by atoms with Crippen molar-refractivity contribution in [1.82, 2.24) is 14.7 Å². The summed E-state index contributed by atoms with van der Waals surface area (Å²) in [5.74, 6) is 0.792. The van der Waals surface area contributed by atoms with Gasteiger partial charge in [0.05, 0.1) is 0 Å². The standard InChI is InChI=1S/C15H32N4/c1-4-7-19(11-10-17(2)3)15(13-16)6-9-18-8-5-14(15)12-18/h14H,4-13,16H2,1-3H3. The molecule has 2 aliphatic rings. The Labute approximate surface area is 118 Å². The van der Waals surface area contributed by atoms with Crippen LogP contribution in [0.2, 0.25) is 0 Å². The Morgan fingerprint density at radius 1 is 1.21 bits per heavy atom. The van der Waals surface area contributed by atoms with Crippen LogP contribution in [0.15, 0.2) is 0 Å². The summed E-state index contributed by atoms with van der Waals surface area (Å²) in [7, 11) is 4.33. The number of nitrogens with zero attached hydrogens (tertiary/aromatic N) is 3. The minimum absolute atomic E-state index is 0.277. The van der Waals surface area contributed by atoms with Gasteiger partial charge >= 0.3 is 0 Å². The second-order valence-corrected chi connectivity index (χ2v) is 6.63. The average molecular weight is 268 g/mol. The predicted molar refractivity (Wildman–Crippen MR) is 81.4 cm³/mol. The summed E-state index contributed by atoms with van der Waals surface area (Å²) < 4.78 is 0. The fourth-order valence-electron chi connectivity index (χ4n) is 3.99. The lowest BCUT2D eigenvalue weighted by Crippen LogP contribution is -2.63. The Morgan fingerprint density at radius 2 is 2.00 bits per heavy atom. The zero-order chi connectivity index (χ0) is 13.9. The first-order valence-electron chi connectivity index (χ1n) is 7.94. The molecule has 2 fully saturated rings. The molecule has 0 saturated carbocycles. The Bertz CT molecular complexity index is 281. The van der Waals surface area contributed by atoms with Crippen LogP contribution in [0.25, 0.3) is 0 Å². The van der Waals surface area contributed by atoms with Gasteiger partial charge < -0.3 is 15.5 Å². The normalized spacial score (nSPS) is 34.4. The minimum atomic E-state index is 0.277. The molecular formula is C15H32N4. The van der Waals surface area contributed by atoms with Crippen molar-refractivity contribution in [3.63, 3.8) is 0 Å². The number of piperidine rings is 1. The monoisotopic (exact) mass is 268 g/mol. The van der Waals surface area contributed by atoms with Crippen LogP contribution in [0.1, 0.15) is 26.2 Å². The Morgan fingerprint density at radius 3 is 2.63 bits per heavy atom. The lowest BCUT2D eigenvalue weighted by atomic mass is 9.77. The summed E-state index contributed by atoms with van der Waals surface area (Å²) in [6, 6.07) is 0. The fourth-order valence-corrected chi connectivity index (χ4v) is 3.99. The van der Waals surface area contributed by atoms with Crippen LogP contribution in [-0.4, -0.2) is 80.1 Å². The molecule has 2 rings (SSSR count). The second kappa shape index (κ2) is 6.53. The van der Waals surface area contributed by atoms with Crippen LogP contribution in [0.3, 0.4) is 0 Å². The molecule has 2 saturated heterocycles. The summed E-state index contributed by atoms with van der Waals surface area (Å²) in [5, 5.41) is 0. The van der Waals surface area contributed by atoms with Gasteiger partial charge in [-0.3, -0.25) is 4.90 Å². The Balaban J connectivity index is 2.10. The highest BCUT2D eigenvalue weighted by molar-refractivity contribution is 5.05. The molecule has 3 unspecified atom stereocenters. The van der Waals surface area contributed by atoms with E-state index in [9.17, 15) is 0 Å². The van der Waals surface area contributed by atoms with E-state index in [1.807, 2.05) is 0 Å². The van der Waals surface area contributed by atoms with Gasteiger partial charge in [0.15, 0.2) is 0 Å². The maximum Gasteiger partial charge on any atom is 0.0385 e. The SMILES string of the molecule is CCCN(CCN(C)C)C1(CN)CCN2CCC1C2. The number of hydrogen-bond donors (Lipinski definition) is 1. The molecule has 0 aromatic carbocycles. The van der Waals surface area contributed by atoms with Crippen LogP contribution in [0.5, 0.6) is 0 Å². The Kier molecular flexibility index (Phi) is 5.23. The van der Waals surface area contributed by atoms with Gasteiger partial charge in [0.1, 0.15) is 0 Å². The third-order valence-electron chi connectivity index (χ3n) is 5.19. The third-order valence-corrected chi connectivity index (χ3v) is 5.19. The number of rotatable bonds is 7. The molecule has 2 N–H and O–H groups in total. The number of hydrogen-bond acceptors (Lipinski definition) is 4. The fraction of sp³-hybridized carbons (Fsp3) is 1.00. The van der Waals surface area contributed by atoms with Crippen LogP contribution in [-0.2, 0) is 0 Å². The van der Waals surface area contributed by atoms with E-state index in [4.69, 9.17) is 5.73 Å². The van der Waals surface area contributed by atoms with E-state index in [-0.39, 0.29) is 5.54 Å². The first-order chi connectivity index (χ1) is 9.12. The van der Waals surface area contributed by atoms with Gasteiger partial charge in [0.2, 0.25) is 0 Å². The molecule has 0 aromatic heterocycles. The molecule has 2 heterocycles. The lowest BCUT2D eigenvalue weighted by Gasteiger charge is -2.50. The first kappa shape index (κ1) is 15.2. The van der Waals surface area contributed by atoms with E-state index in [1.54, 1.807) is 0 Å². The van der Waals surface area contributed by atoms with Gasteiger partial charge in [-0.1, -0.05) is 6.92 Å². The van der Waals surface area contributed by atoms with E-state index in [0.717, 1.165) is 25.6 Å². The maximum atomic E-state index is 6.29. The van der Waals surface area contributed by atoms with E-state index >= 15 is 0 Å². The molecule has 0 amide bonds. The molecular weight excluding hydrogens is 236 g/mol. The van der Waals surface area contributed by atoms with E-state index in [2.05, 4.69) is 35.7 Å². The number of fused-ring (bicyclic) bond motifs is 2. The van der Waals surface area contributed by atoms with Crippen molar-refractivity contribution in [3.8, 4) is 0 Å². The summed E-state index contributed by atoms with van der Waals surface area (Å²) in [4.78, 5) is 7.63. The van der Waals surface area contributed by atoms with Crippen molar-refractivity contribution in [2.24, 2.45) is 11.7 Å². The first-order valence-corrected chi connectivity index (χ1v) is 7.94. The molecule has 2 aliphatic heterocycles. The largest absolute Gasteiger partial charge is 0.329 e. The third kappa shape index (κ3) is 3.13. The predicted octanol–water partition coefficient (Wildman–Crippen LogP) is 0.683. The lowest BCUT2D eigenvalue weighted by molar-refractivity contribution is 0.00420. The molecule has 2 bridgehead atoms. The molecule has 19 heavy (non-hydrogen) atoms. The highest BCUT2D eigenvalue weighted by Gasteiger charge is 2.48. The van der Waals surface area contributed by atoms with Crippen LogP contribution in [0.4, 0.5) is 0 Å². The van der Waals surface area contributed by atoms with Gasteiger partial charge in [-0.2, -0.15) is 0 Å². The van der Waals surface area contributed by atoms with Crippen LogP contribution in [0, 0.1) is 5.92 Å². The zero-order valence-electron chi connectivity index (χ0n) is 13.1. The van der Waals surface area contributed by atoms with E-state index in [1.165, 1.54) is 45.4 Å². The topological polar surface area (TPSA) is 35.7 Å². The van der Waals surface area contributed by atoms with Crippen molar-refractivity contribution in [2.75, 3.05) is 59.9 Å². The van der Waals surface area contributed by atoms with Crippen molar-refractivity contribution >= 4 is 0 Å². The Hall–Kier alpha value is -0.160. The smallest absolute Gasteiger partial charge is 0.0385 e. The molecule has 112 valence electrons. The second-order valence-electron chi connectivity index (χ2n) is 6.63.